The summed E-state index contributed by atoms with van der Waals surface area (Å²) < 4.78 is 11.1. The van der Waals surface area contributed by atoms with Crippen molar-refractivity contribution < 1.29 is 14.3 Å². The summed E-state index contributed by atoms with van der Waals surface area (Å²) in [6.45, 7) is 6.13. The van der Waals surface area contributed by atoms with Crippen LogP contribution in [0.5, 0.6) is 0 Å². The Bertz CT molecular complexity index is 330. The first-order valence-electron chi connectivity index (χ1n) is 8.75. The second-order valence-corrected chi connectivity index (χ2v) is 6.45. The first kappa shape index (κ1) is 16.8. The van der Waals surface area contributed by atoms with Crippen LogP contribution >= 0.6 is 0 Å². The Morgan fingerprint density at radius 2 is 2.05 bits per heavy atom. The van der Waals surface area contributed by atoms with Crippen molar-refractivity contribution >= 4 is 5.97 Å². The number of hydrogen-bond acceptors (Lipinski definition) is 4. The highest BCUT2D eigenvalue weighted by atomic mass is 16.5. The molecule has 0 aromatic carbocycles. The van der Waals surface area contributed by atoms with Crippen LogP contribution in [0.4, 0.5) is 0 Å². The van der Waals surface area contributed by atoms with E-state index in [1.54, 1.807) is 0 Å². The Kier molecular flexibility index (Phi) is 6.49. The Morgan fingerprint density at radius 1 is 1.24 bits per heavy atom. The van der Waals surface area contributed by atoms with Gasteiger partial charge in [-0.05, 0) is 51.4 Å². The van der Waals surface area contributed by atoms with Crippen LogP contribution in [0.2, 0.25) is 0 Å². The predicted molar refractivity (Wildman–Crippen MR) is 83.2 cm³/mol. The smallest absolute Gasteiger partial charge is 0.326 e. The lowest BCUT2D eigenvalue weighted by molar-refractivity contribution is -0.153. The Hall–Kier alpha value is -0.610. The number of carbonyl (C=O) groups excluding carboxylic acids is 1. The number of esters is 1. The lowest BCUT2D eigenvalue weighted by Crippen LogP contribution is -2.56. The summed E-state index contributed by atoms with van der Waals surface area (Å²) in [5.41, 5.74) is -0.439. The topological polar surface area (TPSA) is 47.6 Å². The quantitative estimate of drug-likeness (QED) is 0.497. The Balaban J connectivity index is 1.90. The maximum Gasteiger partial charge on any atom is 0.326 e. The highest BCUT2D eigenvalue weighted by Crippen LogP contribution is 2.41. The first-order valence-corrected chi connectivity index (χ1v) is 8.75. The minimum absolute atomic E-state index is 0.0343. The van der Waals surface area contributed by atoms with Gasteiger partial charge in [-0.25, -0.2) is 0 Å². The Morgan fingerprint density at radius 3 is 2.71 bits per heavy atom. The highest BCUT2D eigenvalue weighted by molar-refractivity contribution is 5.82. The van der Waals surface area contributed by atoms with E-state index in [9.17, 15) is 4.79 Å². The van der Waals surface area contributed by atoms with Gasteiger partial charge in [0, 0.05) is 19.3 Å². The molecular weight excluding hydrogens is 266 g/mol. The molecule has 2 saturated carbocycles. The zero-order valence-electron chi connectivity index (χ0n) is 13.7. The van der Waals surface area contributed by atoms with Crippen LogP contribution in [0.25, 0.3) is 0 Å². The molecule has 0 bridgehead atoms. The molecule has 2 rings (SSSR count). The molecular formula is C17H31NO3. The molecule has 0 aromatic rings. The average Bonchev–Trinajstić information content (AvgIpc) is 3.19. The molecule has 2 unspecified atom stereocenters. The van der Waals surface area contributed by atoms with Gasteiger partial charge in [0.15, 0.2) is 0 Å². The second kappa shape index (κ2) is 8.14. The summed E-state index contributed by atoms with van der Waals surface area (Å²) in [5.74, 6) is 0.326. The average molecular weight is 297 g/mol. The zero-order valence-corrected chi connectivity index (χ0v) is 13.7. The van der Waals surface area contributed by atoms with Crippen LogP contribution in [0, 0.1) is 5.92 Å². The van der Waals surface area contributed by atoms with E-state index in [0.29, 0.717) is 18.6 Å². The van der Waals surface area contributed by atoms with Gasteiger partial charge in [-0.2, -0.15) is 0 Å². The van der Waals surface area contributed by atoms with E-state index in [-0.39, 0.29) is 5.97 Å². The second-order valence-electron chi connectivity index (χ2n) is 6.45. The maximum atomic E-state index is 12.6. The van der Waals surface area contributed by atoms with Crippen LogP contribution in [0.15, 0.2) is 0 Å². The first-order chi connectivity index (χ1) is 10.2. The van der Waals surface area contributed by atoms with Gasteiger partial charge in [0.2, 0.25) is 0 Å². The van der Waals surface area contributed by atoms with Gasteiger partial charge in [0.1, 0.15) is 5.54 Å². The van der Waals surface area contributed by atoms with Crippen LogP contribution < -0.4 is 5.32 Å². The highest BCUT2D eigenvalue weighted by Gasteiger charge is 2.51. The molecule has 0 spiro atoms. The minimum Gasteiger partial charge on any atom is -0.465 e. The molecule has 2 aliphatic carbocycles. The minimum atomic E-state index is -0.439. The molecule has 21 heavy (non-hydrogen) atoms. The molecule has 0 radical (unpaired) electrons. The largest absolute Gasteiger partial charge is 0.465 e. The van der Waals surface area contributed by atoms with Gasteiger partial charge in [-0.15, -0.1) is 0 Å². The third-order valence-corrected chi connectivity index (χ3v) is 4.75. The van der Waals surface area contributed by atoms with Gasteiger partial charge >= 0.3 is 5.97 Å². The molecule has 0 saturated heterocycles. The molecule has 2 aliphatic rings. The third kappa shape index (κ3) is 4.43. The molecule has 122 valence electrons. The normalized spacial score (nSPS) is 28.8. The van der Waals surface area contributed by atoms with Crippen molar-refractivity contribution in [1.29, 1.82) is 0 Å². The summed E-state index contributed by atoms with van der Waals surface area (Å²) in [6.07, 6.45) is 8.77. The van der Waals surface area contributed by atoms with Crippen LogP contribution in [0.3, 0.4) is 0 Å². The van der Waals surface area contributed by atoms with Crippen molar-refractivity contribution in [1.82, 2.24) is 5.32 Å². The monoisotopic (exact) mass is 297 g/mol. The van der Waals surface area contributed by atoms with Crippen molar-refractivity contribution in [3.8, 4) is 0 Å². The molecule has 4 nitrogen and oxygen atoms in total. The summed E-state index contributed by atoms with van der Waals surface area (Å²) in [6, 6.07) is 0.524. The summed E-state index contributed by atoms with van der Waals surface area (Å²) in [5, 5.41) is 3.62. The van der Waals surface area contributed by atoms with Crippen molar-refractivity contribution in [3.05, 3.63) is 0 Å². The summed E-state index contributed by atoms with van der Waals surface area (Å²) >= 11 is 0. The lowest BCUT2D eigenvalue weighted by Gasteiger charge is -2.34. The number of nitrogens with one attached hydrogen (secondary N) is 1. The zero-order chi connectivity index (χ0) is 15.1. The maximum absolute atomic E-state index is 12.6. The van der Waals surface area contributed by atoms with Crippen LogP contribution in [0.1, 0.15) is 65.2 Å². The van der Waals surface area contributed by atoms with Crippen molar-refractivity contribution in [3.63, 3.8) is 0 Å². The van der Waals surface area contributed by atoms with E-state index in [2.05, 4.69) is 12.2 Å². The van der Waals surface area contributed by atoms with Gasteiger partial charge in [-0.3, -0.25) is 10.1 Å². The van der Waals surface area contributed by atoms with Crippen LogP contribution in [-0.4, -0.2) is 37.4 Å². The van der Waals surface area contributed by atoms with E-state index in [1.165, 1.54) is 19.3 Å². The number of ether oxygens (including phenoxy) is 2. The molecule has 0 heterocycles. The van der Waals surface area contributed by atoms with Crippen LogP contribution in [-0.2, 0) is 14.3 Å². The summed E-state index contributed by atoms with van der Waals surface area (Å²) in [4.78, 5) is 12.6. The number of rotatable bonds is 10. The number of hydrogen-bond donors (Lipinski definition) is 1. The molecule has 2 fully saturated rings. The van der Waals surface area contributed by atoms with Gasteiger partial charge in [-0.1, -0.05) is 19.8 Å². The molecule has 1 N–H and O–H groups in total. The molecule has 0 aromatic heterocycles. The van der Waals surface area contributed by atoms with Gasteiger partial charge in [0.25, 0.3) is 0 Å². The fourth-order valence-corrected chi connectivity index (χ4v) is 3.41. The lowest BCUT2D eigenvalue weighted by atomic mass is 9.84. The third-order valence-electron chi connectivity index (χ3n) is 4.75. The Labute approximate surface area is 129 Å². The van der Waals surface area contributed by atoms with E-state index >= 15 is 0 Å². The van der Waals surface area contributed by atoms with E-state index < -0.39 is 5.54 Å². The standard InChI is InChI=1S/C17H31NO3/c1-3-5-12-20-13-10-14-7-6-11-17(14,16(19)21-4-2)18-15-8-9-15/h14-15,18H,3-13H2,1-2H3. The van der Waals surface area contributed by atoms with E-state index in [4.69, 9.17) is 9.47 Å². The predicted octanol–water partition coefficient (Wildman–Crippen LogP) is 3.05. The molecule has 2 atom stereocenters. The van der Waals surface area contributed by atoms with Crippen molar-refractivity contribution in [2.75, 3.05) is 19.8 Å². The molecule has 4 heteroatoms. The fraction of sp³-hybridized carbons (Fsp3) is 0.941. The van der Waals surface area contributed by atoms with Gasteiger partial charge in [0.05, 0.1) is 6.61 Å². The van der Waals surface area contributed by atoms with Gasteiger partial charge < -0.3 is 9.47 Å². The van der Waals surface area contributed by atoms with E-state index in [1.807, 2.05) is 6.92 Å². The van der Waals surface area contributed by atoms with Crippen molar-refractivity contribution in [2.24, 2.45) is 5.92 Å². The molecule has 0 aliphatic heterocycles. The SMILES string of the molecule is CCCCOCCC1CCCC1(NC1CC1)C(=O)OCC. The number of unbranched alkanes of at least 4 members (excludes halogenated alkanes) is 1. The molecule has 0 amide bonds. The number of carbonyl (C=O) groups is 1. The van der Waals surface area contributed by atoms with E-state index in [0.717, 1.165) is 45.3 Å². The summed E-state index contributed by atoms with van der Waals surface area (Å²) in [7, 11) is 0. The van der Waals surface area contributed by atoms with Crippen molar-refractivity contribution in [2.45, 2.75) is 76.8 Å². The fourth-order valence-electron chi connectivity index (χ4n) is 3.41.